The predicted molar refractivity (Wildman–Crippen MR) is 198 cm³/mol. The molecule has 0 radical (unpaired) electrons. The van der Waals surface area contributed by atoms with Crippen LogP contribution in [0.15, 0.2) is 12.2 Å². The summed E-state index contributed by atoms with van der Waals surface area (Å²) in [6, 6.07) is 0. The van der Waals surface area contributed by atoms with Crippen molar-refractivity contribution in [3.63, 3.8) is 0 Å². The normalized spacial score (nSPS) is 44.8. The quantitative estimate of drug-likeness (QED) is 0.203. The van der Waals surface area contributed by atoms with Crippen molar-refractivity contribution < 1.29 is 53.4 Å². The van der Waals surface area contributed by atoms with Gasteiger partial charge >= 0.3 is 5.97 Å². The number of aliphatic carboxylic acids is 1. The van der Waals surface area contributed by atoms with Gasteiger partial charge in [-0.25, -0.2) is 0 Å². The van der Waals surface area contributed by atoms with Crippen molar-refractivity contribution in [2.75, 3.05) is 0 Å². The number of carbonyl (C=O) groups is 3. The molecule has 0 aromatic rings. The first kappa shape index (κ1) is 42.4. The fourth-order valence-electron chi connectivity index (χ4n) is 10.4. The van der Waals surface area contributed by atoms with Crippen LogP contribution >= 0.6 is 0 Å². The minimum absolute atomic E-state index is 0.00877. The van der Waals surface area contributed by atoms with Gasteiger partial charge in [-0.1, -0.05) is 55.4 Å². The lowest BCUT2D eigenvalue weighted by Gasteiger charge is -2.53. The number of rotatable bonds is 12. The molecule has 4 saturated heterocycles. The lowest BCUT2D eigenvalue weighted by atomic mass is 9.72. The number of carboxylic acids is 1. The molecule has 5 heterocycles. The van der Waals surface area contributed by atoms with Gasteiger partial charge in [0.05, 0.1) is 53.7 Å². The molecule has 11 heteroatoms. The average molecular weight is 749 g/mol. The van der Waals surface area contributed by atoms with Crippen molar-refractivity contribution in [2.24, 2.45) is 41.4 Å². The number of ketones is 2. The van der Waals surface area contributed by atoms with Crippen LogP contribution in [0, 0.1) is 41.4 Å². The number of Topliss-reactive ketones (excluding diaryl/α,β-unsaturated/α-hetero) is 1. The Morgan fingerprint density at radius 1 is 0.906 bits per heavy atom. The van der Waals surface area contributed by atoms with Gasteiger partial charge in [0.25, 0.3) is 0 Å². The molecule has 0 unspecified atom stereocenters. The monoisotopic (exact) mass is 748 g/mol. The molecule has 11 nitrogen and oxygen atoms in total. The summed E-state index contributed by atoms with van der Waals surface area (Å²) in [5, 5.41) is 32.5. The molecule has 0 bridgehead atoms. The van der Waals surface area contributed by atoms with Gasteiger partial charge in [-0.05, 0) is 95.6 Å². The van der Waals surface area contributed by atoms with Gasteiger partial charge in [0.15, 0.2) is 5.79 Å². The van der Waals surface area contributed by atoms with E-state index in [0.29, 0.717) is 57.8 Å². The highest BCUT2D eigenvalue weighted by molar-refractivity contribution is 5.97. The first-order valence-corrected chi connectivity index (χ1v) is 20.6. The number of carbonyl (C=O) groups excluding carboxylic acids is 2. The summed E-state index contributed by atoms with van der Waals surface area (Å²) in [5.41, 5.74) is -1.71. The first-order valence-electron chi connectivity index (χ1n) is 20.6. The fraction of sp³-hybridized carbons (Fsp3) is 0.881. The molecule has 5 aliphatic rings. The van der Waals surface area contributed by atoms with Crippen LogP contribution in [0.3, 0.4) is 0 Å². The van der Waals surface area contributed by atoms with Crippen molar-refractivity contribution in [3.8, 4) is 0 Å². The maximum Gasteiger partial charge on any atom is 0.309 e. The molecule has 0 aromatic carbocycles. The lowest BCUT2D eigenvalue weighted by molar-refractivity contribution is -0.378. The van der Waals surface area contributed by atoms with Crippen molar-refractivity contribution in [1.82, 2.24) is 0 Å². The highest BCUT2D eigenvalue weighted by Crippen LogP contribution is 2.53. The van der Waals surface area contributed by atoms with Crippen LogP contribution < -0.4 is 0 Å². The van der Waals surface area contributed by atoms with E-state index < -0.39 is 70.7 Å². The van der Waals surface area contributed by atoms with Crippen LogP contribution in [0.1, 0.15) is 133 Å². The van der Waals surface area contributed by atoms with E-state index in [1.54, 1.807) is 13.0 Å². The van der Waals surface area contributed by atoms with E-state index in [1.165, 1.54) is 6.08 Å². The van der Waals surface area contributed by atoms with Gasteiger partial charge < -0.3 is 39.0 Å². The molecule has 5 aliphatic heterocycles. The second-order valence-electron chi connectivity index (χ2n) is 17.8. The molecule has 4 fully saturated rings. The van der Waals surface area contributed by atoms with E-state index in [-0.39, 0.29) is 47.6 Å². The van der Waals surface area contributed by atoms with E-state index in [4.69, 9.17) is 23.7 Å². The third-order valence-electron chi connectivity index (χ3n) is 14.3. The predicted octanol–water partition coefficient (Wildman–Crippen LogP) is 6.40. The van der Waals surface area contributed by atoms with Crippen LogP contribution in [0.4, 0.5) is 0 Å². The van der Waals surface area contributed by atoms with Crippen molar-refractivity contribution in [1.29, 1.82) is 0 Å². The van der Waals surface area contributed by atoms with E-state index >= 15 is 0 Å². The molecule has 302 valence electrons. The second-order valence-corrected chi connectivity index (χ2v) is 17.8. The third kappa shape index (κ3) is 7.83. The molecule has 5 rings (SSSR count). The van der Waals surface area contributed by atoms with E-state index in [0.717, 1.165) is 6.42 Å². The Kier molecular flexibility index (Phi) is 12.8. The van der Waals surface area contributed by atoms with E-state index in [9.17, 15) is 29.7 Å². The smallest absolute Gasteiger partial charge is 0.309 e. The number of aliphatic hydroxyl groups excluding tert-OH is 1. The maximum absolute atomic E-state index is 14.4. The van der Waals surface area contributed by atoms with E-state index in [2.05, 4.69) is 13.8 Å². The minimum Gasteiger partial charge on any atom is -0.481 e. The summed E-state index contributed by atoms with van der Waals surface area (Å²) >= 11 is 0. The van der Waals surface area contributed by atoms with Crippen molar-refractivity contribution >= 4 is 17.5 Å². The molecular formula is C42H68O11. The lowest BCUT2D eigenvalue weighted by Crippen LogP contribution is -2.62. The molecule has 0 amide bonds. The standard InChI is InChI=1S/C42H68O11/c1-11-29(38(46)47)31-15-14-23(4)36(50-31)27(8)34(44)26(7)35(45)30(12-2)37-24(5)22-25(6)41(51-37)19-16-32(43)42(53-41)21-20-39(10,52-42)33-17-18-40(48,13-3)28(9)49-33/h16,19,23-31,33-34,36-37,44,48H,11-15,17-18,20-22H2,1-10H3,(H,46,47)/t23-,24-,25-,26+,27+,28-,29-,30-,31+,33-,34+,36+,37+,39+,40-,41+,42-/m0/s1. The zero-order chi connectivity index (χ0) is 39.3. The fourth-order valence-corrected chi connectivity index (χ4v) is 10.4. The molecule has 3 N–H and O–H groups in total. The highest BCUT2D eigenvalue weighted by atomic mass is 16.8. The number of carboxylic acid groups (broad SMARTS) is 1. The second kappa shape index (κ2) is 16.0. The number of ether oxygens (including phenoxy) is 5. The van der Waals surface area contributed by atoms with Crippen LogP contribution in [0.5, 0.6) is 0 Å². The van der Waals surface area contributed by atoms with Crippen molar-refractivity contribution in [3.05, 3.63) is 12.2 Å². The third-order valence-corrected chi connectivity index (χ3v) is 14.3. The number of hydrogen-bond acceptors (Lipinski definition) is 10. The molecule has 2 spiro atoms. The average Bonchev–Trinajstić information content (AvgIpc) is 3.47. The van der Waals surface area contributed by atoms with Crippen molar-refractivity contribution in [2.45, 2.75) is 193 Å². The first-order chi connectivity index (χ1) is 24.8. The van der Waals surface area contributed by atoms with Gasteiger partial charge in [0, 0.05) is 30.1 Å². The molecule has 53 heavy (non-hydrogen) atoms. The summed E-state index contributed by atoms with van der Waals surface area (Å²) in [6.45, 7) is 19.4. The Morgan fingerprint density at radius 3 is 2.19 bits per heavy atom. The van der Waals surface area contributed by atoms with Gasteiger partial charge in [0.2, 0.25) is 11.6 Å². The summed E-state index contributed by atoms with van der Waals surface area (Å²) in [4.78, 5) is 40.0. The molecule has 17 atom stereocenters. The van der Waals surface area contributed by atoms with Gasteiger partial charge in [-0.2, -0.15) is 0 Å². The Hall–Kier alpha value is -1.73. The zero-order valence-corrected chi connectivity index (χ0v) is 33.8. The minimum atomic E-state index is -1.56. The highest BCUT2D eigenvalue weighted by Gasteiger charge is 2.63. The molecular weight excluding hydrogens is 680 g/mol. The SMILES string of the molecule is CC[C@H](C(=O)O)[C@H]1CC[C@H](C)[C@H]([C@H](C)[C@H](O)[C@@H](C)C(=O)[C@H](CC)[C@@H]2O[C@@]3(C=CC(=O)[C@]4(CC[C@](C)([C@@H]5CC[C@@](O)(CC)[C@H](C)O5)O4)O3)[C@@H](C)C[C@@H]2C)O1. The largest absolute Gasteiger partial charge is 0.481 e. The topological polar surface area (TPSA) is 158 Å². The Morgan fingerprint density at radius 2 is 1.58 bits per heavy atom. The van der Waals surface area contributed by atoms with Gasteiger partial charge in [-0.3, -0.25) is 14.4 Å². The van der Waals surface area contributed by atoms with Crippen LogP contribution in [0.2, 0.25) is 0 Å². The molecule has 0 aliphatic carbocycles. The maximum atomic E-state index is 14.4. The molecule has 0 saturated carbocycles. The van der Waals surface area contributed by atoms with Gasteiger partial charge in [0.1, 0.15) is 5.78 Å². The summed E-state index contributed by atoms with van der Waals surface area (Å²) in [7, 11) is 0. The Bertz CT molecular complexity index is 1370. The summed E-state index contributed by atoms with van der Waals surface area (Å²) < 4.78 is 33.2. The Labute approximate surface area is 316 Å². The Balaban J connectivity index is 1.31. The van der Waals surface area contributed by atoms with Crippen LogP contribution in [-0.2, 0) is 38.1 Å². The number of hydrogen-bond donors (Lipinski definition) is 3. The van der Waals surface area contributed by atoms with Gasteiger partial charge in [-0.15, -0.1) is 0 Å². The summed E-state index contributed by atoms with van der Waals surface area (Å²) in [6.07, 6.45) is 5.84. The number of aliphatic hydroxyl groups is 2. The van der Waals surface area contributed by atoms with Crippen LogP contribution in [0.25, 0.3) is 0 Å². The molecule has 0 aromatic heterocycles. The van der Waals surface area contributed by atoms with Crippen LogP contribution in [-0.4, -0.2) is 92.3 Å². The summed E-state index contributed by atoms with van der Waals surface area (Å²) in [5.74, 6) is -6.46. The van der Waals surface area contributed by atoms with E-state index in [1.807, 2.05) is 48.5 Å². The zero-order valence-electron chi connectivity index (χ0n) is 33.8.